The van der Waals surface area contributed by atoms with E-state index in [0.29, 0.717) is 16.6 Å². The van der Waals surface area contributed by atoms with Crippen LogP contribution in [0.1, 0.15) is 18.7 Å². The second kappa shape index (κ2) is 7.44. The number of anilines is 1. The van der Waals surface area contributed by atoms with Crippen molar-refractivity contribution in [1.82, 2.24) is 4.31 Å². The summed E-state index contributed by atoms with van der Waals surface area (Å²) in [6.45, 7) is 3.82. The lowest BCUT2D eigenvalue weighted by Gasteiger charge is -2.20. The average Bonchev–Trinajstić information content (AvgIpc) is 2.90. The maximum Gasteiger partial charge on any atom is 0.243 e. The predicted octanol–water partition coefficient (Wildman–Crippen LogP) is 3.57. The summed E-state index contributed by atoms with van der Waals surface area (Å²) < 4.78 is 27.5. The molecule has 0 aliphatic heterocycles. The normalized spacial score (nSPS) is 11.7. The minimum Gasteiger partial charge on any atom is -0.326 e. The number of halogens is 1. The van der Waals surface area contributed by atoms with Gasteiger partial charge in [-0.1, -0.05) is 18.5 Å². The third-order valence-electron chi connectivity index (χ3n) is 3.13. The highest BCUT2D eigenvalue weighted by atomic mass is 35.5. The van der Waals surface area contributed by atoms with Gasteiger partial charge >= 0.3 is 0 Å². The summed E-state index contributed by atoms with van der Waals surface area (Å²) in [5.74, 6) is -0.203. The number of carbonyl (C=O) groups excluding carboxylic acids is 1. The first-order valence-corrected chi connectivity index (χ1v) is 9.58. The van der Waals surface area contributed by atoms with E-state index in [4.69, 9.17) is 11.6 Å². The fourth-order valence-electron chi connectivity index (χ4n) is 2.04. The van der Waals surface area contributed by atoms with Gasteiger partial charge in [0.2, 0.25) is 15.9 Å². The van der Waals surface area contributed by atoms with E-state index >= 15 is 0 Å². The van der Waals surface area contributed by atoms with Gasteiger partial charge in [0.1, 0.15) is 0 Å². The standard InChI is InChI=1S/C15H17ClN2O3S2/c1-3-18(10-13-6-9-15(16)22-13)23(20,21)14-7-4-12(5-8-14)17-11(2)19/h4-9H,3,10H2,1-2H3,(H,17,19). The molecule has 0 aliphatic rings. The zero-order chi connectivity index (χ0) is 17.0. The molecule has 0 atom stereocenters. The zero-order valence-corrected chi connectivity index (χ0v) is 15.1. The topological polar surface area (TPSA) is 66.5 Å². The maximum absolute atomic E-state index is 12.7. The minimum absolute atomic E-state index is 0.191. The number of amides is 1. The van der Waals surface area contributed by atoms with Gasteiger partial charge in [-0.05, 0) is 36.4 Å². The van der Waals surface area contributed by atoms with Crippen LogP contribution in [0.15, 0.2) is 41.3 Å². The Bertz CT molecular complexity index is 785. The molecule has 1 aromatic carbocycles. The molecular formula is C15H17ClN2O3S2. The van der Waals surface area contributed by atoms with E-state index in [-0.39, 0.29) is 17.3 Å². The van der Waals surface area contributed by atoms with E-state index in [1.165, 1.54) is 34.7 Å². The SMILES string of the molecule is CCN(Cc1ccc(Cl)s1)S(=O)(=O)c1ccc(NC(C)=O)cc1. The number of nitrogens with one attached hydrogen (secondary N) is 1. The van der Waals surface area contributed by atoms with Crippen LogP contribution < -0.4 is 5.32 Å². The number of hydrogen-bond donors (Lipinski definition) is 1. The summed E-state index contributed by atoms with van der Waals surface area (Å²) in [6.07, 6.45) is 0. The van der Waals surface area contributed by atoms with Crippen LogP contribution in [-0.2, 0) is 21.4 Å². The molecule has 1 amide bonds. The van der Waals surface area contributed by atoms with Gasteiger partial charge in [0.15, 0.2) is 0 Å². The summed E-state index contributed by atoms with van der Waals surface area (Å²) in [4.78, 5) is 12.1. The minimum atomic E-state index is -3.60. The Morgan fingerprint density at radius 3 is 2.35 bits per heavy atom. The summed E-state index contributed by atoms with van der Waals surface area (Å²) >= 11 is 7.26. The molecule has 0 bridgehead atoms. The molecule has 8 heteroatoms. The highest BCUT2D eigenvalue weighted by molar-refractivity contribution is 7.89. The van der Waals surface area contributed by atoms with Crippen molar-refractivity contribution in [3.05, 3.63) is 45.6 Å². The molecule has 2 aromatic rings. The number of thiophene rings is 1. The number of sulfonamides is 1. The third-order valence-corrected chi connectivity index (χ3v) is 6.28. The Morgan fingerprint density at radius 2 is 1.87 bits per heavy atom. The van der Waals surface area contributed by atoms with Gasteiger partial charge in [0.25, 0.3) is 0 Å². The number of rotatable bonds is 6. The Morgan fingerprint density at radius 1 is 1.22 bits per heavy atom. The number of carbonyl (C=O) groups is 1. The fraction of sp³-hybridized carbons (Fsp3) is 0.267. The van der Waals surface area contributed by atoms with E-state index in [2.05, 4.69) is 5.32 Å². The smallest absolute Gasteiger partial charge is 0.243 e. The van der Waals surface area contributed by atoms with Crippen LogP contribution >= 0.6 is 22.9 Å². The van der Waals surface area contributed by atoms with E-state index < -0.39 is 10.0 Å². The highest BCUT2D eigenvalue weighted by Crippen LogP contribution is 2.25. The second-order valence-electron chi connectivity index (χ2n) is 4.84. The molecule has 0 saturated heterocycles. The van der Waals surface area contributed by atoms with Crippen LogP contribution in [0.3, 0.4) is 0 Å². The fourth-order valence-corrected chi connectivity index (χ4v) is 4.65. The first kappa shape index (κ1) is 17.9. The summed E-state index contributed by atoms with van der Waals surface area (Å²) in [5.41, 5.74) is 0.560. The van der Waals surface area contributed by atoms with Crippen LogP contribution in [-0.4, -0.2) is 25.2 Å². The molecule has 0 radical (unpaired) electrons. The quantitative estimate of drug-likeness (QED) is 0.842. The molecule has 23 heavy (non-hydrogen) atoms. The van der Waals surface area contributed by atoms with Crippen molar-refractivity contribution < 1.29 is 13.2 Å². The Balaban J connectivity index is 2.22. The predicted molar refractivity (Wildman–Crippen MR) is 93.3 cm³/mol. The van der Waals surface area contributed by atoms with Gasteiger partial charge in [-0.2, -0.15) is 4.31 Å². The van der Waals surface area contributed by atoms with Crippen LogP contribution in [0.4, 0.5) is 5.69 Å². The molecule has 1 aromatic heterocycles. The van der Waals surface area contributed by atoms with Crippen molar-refractivity contribution in [3.8, 4) is 0 Å². The molecule has 0 saturated carbocycles. The summed E-state index contributed by atoms with van der Waals surface area (Å²) in [7, 11) is -3.60. The summed E-state index contributed by atoms with van der Waals surface area (Å²) in [5, 5.41) is 2.61. The van der Waals surface area contributed by atoms with Crippen LogP contribution in [0.2, 0.25) is 4.34 Å². The van der Waals surface area contributed by atoms with Crippen molar-refractivity contribution in [1.29, 1.82) is 0 Å². The molecule has 1 N–H and O–H groups in total. The molecule has 0 fully saturated rings. The third kappa shape index (κ3) is 4.54. The maximum atomic E-state index is 12.7. The molecule has 1 heterocycles. The van der Waals surface area contributed by atoms with Gasteiger partial charge < -0.3 is 5.32 Å². The molecule has 0 spiro atoms. The molecule has 0 aliphatic carbocycles. The van der Waals surface area contributed by atoms with E-state index in [1.807, 2.05) is 6.07 Å². The van der Waals surface area contributed by atoms with Gasteiger partial charge in [-0.15, -0.1) is 11.3 Å². The van der Waals surface area contributed by atoms with Gasteiger partial charge in [-0.25, -0.2) is 8.42 Å². The molecule has 124 valence electrons. The Kier molecular flexibility index (Phi) is 5.80. The molecule has 2 rings (SSSR count). The van der Waals surface area contributed by atoms with Crippen LogP contribution in [0, 0.1) is 0 Å². The number of nitrogens with zero attached hydrogens (tertiary/aromatic N) is 1. The zero-order valence-electron chi connectivity index (χ0n) is 12.7. The van der Waals surface area contributed by atoms with E-state index in [1.54, 1.807) is 25.1 Å². The van der Waals surface area contributed by atoms with Crippen molar-refractivity contribution in [2.24, 2.45) is 0 Å². The van der Waals surface area contributed by atoms with Crippen LogP contribution in [0.25, 0.3) is 0 Å². The van der Waals surface area contributed by atoms with Crippen molar-refractivity contribution >= 4 is 44.6 Å². The largest absolute Gasteiger partial charge is 0.326 e. The average molecular weight is 373 g/mol. The Labute approximate surface area is 144 Å². The van der Waals surface area contributed by atoms with E-state index in [0.717, 1.165) is 4.88 Å². The first-order chi connectivity index (χ1) is 10.8. The second-order valence-corrected chi connectivity index (χ2v) is 8.58. The van der Waals surface area contributed by atoms with Crippen molar-refractivity contribution in [3.63, 3.8) is 0 Å². The molecule has 0 unspecified atom stereocenters. The van der Waals surface area contributed by atoms with Gasteiger partial charge in [0, 0.05) is 30.6 Å². The lowest BCUT2D eigenvalue weighted by Crippen LogP contribution is -2.30. The lowest BCUT2D eigenvalue weighted by molar-refractivity contribution is -0.114. The molecular weight excluding hydrogens is 356 g/mol. The lowest BCUT2D eigenvalue weighted by atomic mass is 10.3. The Hall–Kier alpha value is -1.41. The first-order valence-electron chi connectivity index (χ1n) is 6.95. The number of benzene rings is 1. The summed E-state index contributed by atoms with van der Waals surface area (Å²) in [6, 6.07) is 9.71. The van der Waals surface area contributed by atoms with Gasteiger partial charge in [0.05, 0.1) is 9.23 Å². The monoisotopic (exact) mass is 372 g/mol. The van der Waals surface area contributed by atoms with E-state index in [9.17, 15) is 13.2 Å². The van der Waals surface area contributed by atoms with Gasteiger partial charge in [-0.3, -0.25) is 4.79 Å². The molecule has 5 nitrogen and oxygen atoms in total. The van der Waals surface area contributed by atoms with Crippen LogP contribution in [0.5, 0.6) is 0 Å². The highest BCUT2D eigenvalue weighted by Gasteiger charge is 2.23. The number of hydrogen-bond acceptors (Lipinski definition) is 4. The van der Waals surface area contributed by atoms with Crippen molar-refractivity contribution in [2.75, 3.05) is 11.9 Å². The van der Waals surface area contributed by atoms with Crippen molar-refractivity contribution in [2.45, 2.75) is 25.3 Å².